The summed E-state index contributed by atoms with van der Waals surface area (Å²) >= 11 is 1.57. The van der Waals surface area contributed by atoms with Crippen molar-refractivity contribution in [3.63, 3.8) is 0 Å². The number of rotatable bonds is 2. The molecule has 28 heavy (non-hydrogen) atoms. The third kappa shape index (κ3) is 3.44. The Bertz CT molecular complexity index is 896. The molecule has 2 fully saturated rings. The van der Waals surface area contributed by atoms with Gasteiger partial charge in [0.15, 0.2) is 0 Å². The monoisotopic (exact) mass is 399 g/mol. The highest BCUT2D eigenvalue weighted by atomic mass is 32.1. The number of carbonyl (C=O) groups is 2. The van der Waals surface area contributed by atoms with Gasteiger partial charge in [-0.15, -0.1) is 11.3 Å². The zero-order valence-corrected chi connectivity index (χ0v) is 17.6. The summed E-state index contributed by atoms with van der Waals surface area (Å²) in [5.41, 5.74) is 7.08. The maximum atomic E-state index is 13.1. The van der Waals surface area contributed by atoms with E-state index in [4.69, 9.17) is 5.73 Å². The second kappa shape index (κ2) is 7.48. The maximum absolute atomic E-state index is 13.1. The molecule has 1 saturated heterocycles. The minimum absolute atomic E-state index is 0.0895. The first-order valence-corrected chi connectivity index (χ1v) is 11.1. The molecule has 2 aromatic rings. The molecule has 4 rings (SSSR count). The van der Waals surface area contributed by atoms with Gasteiger partial charge in [0.25, 0.3) is 5.91 Å². The Morgan fingerprint density at radius 2 is 1.79 bits per heavy atom. The summed E-state index contributed by atoms with van der Waals surface area (Å²) in [6.07, 6.45) is 3.97. The topological polar surface area (TPSA) is 66.6 Å². The highest BCUT2D eigenvalue weighted by molar-refractivity contribution is 7.21. The number of aryl methyl sites for hydroxylation is 1. The average Bonchev–Trinajstić information content (AvgIpc) is 3.04. The summed E-state index contributed by atoms with van der Waals surface area (Å²) in [6.45, 7) is 6.41. The number of thiophene rings is 1. The van der Waals surface area contributed by atoms with E-state index < -0.39 is 5.54 Å². The summed E-state index contributed by atoms with van der Waals surface area (Å²) in [4.78, 5) is 30.7. The highest BCUT2D eigenvalue weighted by Crippen LogP contribution is 2.34. The van der Waals surface area contributed by atoms with E-state index in [0.29, 0.717) is 26.2 Å². The number of nitrogens with two attached hydrogens (primary N) is 1. The molecular weight excluding hydrogens is 370 g/mol. The van der Waals surface area contributed by atoms with Crippen LogP contribution in [-0.2, 0) is 4.79 Å². The fourth-order valence-electron chi connectivity index (χ4n) is 4.64. The lowest BCUT2D eigenvalue weighted by Crippen LogP contribution is -2.57. The molecule has 2 heterocycles. The van der Waals surface area contributed by atoms with Crippen LogP contribution >= 0.6 is 11.3 Å². The zero-order valence-electron chi connectivity index (χ0n) is 16.7. The van der Waals surface area contributed by atoms with Crippen molar-refractivity contribution in [3.8, 4) is 0 Å². The van der Waals surface area contributed by atoms with E-state index >= 15 is 0 Å². The molecule has 2 aliphatic rings. The van der Waals surface area contributed by atoms with E-state index in [2.05, 4.69) is 12.1 Å². The van der Waals surface area contributed by atoms with Gasteiger partial charge in [-0.25, -0.2) is 0 Å². The van der Waals surface area contributed by atoms with Gasteiger partial charge in [0.1, 0.15) is 0 Å². The number of amides is 2. The largest absolute Gasteiger partial charge is 0.339 e. The molecule has 1 aliphatic heterocycles. The van der Waals surface area contributed by atoms with Crippen LogP contribution in [0.3, 0.4) is 0 Å². The molecule has 6 heteroatoms. The first kappa shape index (κ1) is 19.4. The quantitative estimate of drug-likeness (QED) is 0.842. The van der Waals surface area contributed by atoms with Crippen LogP contribution in [-0.4, -0.2) is 53.3 Å². The van der Waals surface area contributed by atoms with Crippen LogP contribution in [0.15, 0.2) is 24.3 Å². The van der Waals surface area contributed by atoms with E-state index in [1.54, 1.807) is 11.3 Å². The Kier molecular flexibility index (Phi) is 5.19. The molecular formula is C22H29N3O2S. The molecule has 1 aliphatic carbocycles. The van der Waals surface area contributed by atoms with Crippen LogP contribution in [0, 0.1) is 12.8 Å². The van der Waals surface area contributed by atoms with Crippen molar-refractivity contribution < 1.29 is 9.59 Å². The van der Waals surface area contributed by atoms with Gasteiger partial charge >= 0.3 is 0 Å². The van der Waals surface area contributed by atoms with Gasteiger partial charge in [-0.05, 0) is 43.7 Å². The fraction of sp³-hybridized carbons (Fsp3) is 0.545. The lowest BCUT2D eigenvalue weighted by Gasteiger charge is -2.42. The Morgan fingerprint density at radius 3 is 2.46 bits per heavy atom. The summed E-state index contributed by atoms with van der Waals surface area (Å²) < 4.78 is 1.15. The van der Waals surface area contributed by atoms with Gasteiger partial charge in [0.2, 0.25) is 5.91 Å². The molecule has 1 aromatic carbocycles. The number of hydrogen-bond acceptors (Lipinski definition) is 4. The van der Waals surface area contributed by atoms with Gasteiger partial charge in [-0.3, -0.25) is 9.59 Å². The first-order valence-electron chi connectivity index (χ1n) is 10.2. The van der Waals surface area contributed by atoms with Crippen molar-refractivity contribution in [2.75, 3.05) is 26.2 Å². The first-order chi connectivity index (χ1) is 13.4. The van der Waals surface area contributed by atoms with E-state index in [-0.39, 0.29) is 17.7 Å². The molecule has 2 unspecified atom stereocenters. The Hall–Kier alpha value is -1.92. The van der Waals surface area contributed by atoms with Crippen molar-refractivity contribution in [2.45, 2.75) is 45.1 Å². The number of hydrogen-bond donors (Lipinski definition) is 1. The van der Waals surface area contributed by atoms with Gasteiger partial charge in [0.05, 0.1) is 10.8 Å². The Balaban J connectivity index is 1.43. The van der Waals surface area contributed by atoms with Crippen molar-refractivity contribution in [2.24, 2.45) is 11.7 Å². The van der Waals surface area contributed by atoms with Crippen LogP contribution < -0.4 is 5.73 Å². The summed E-state index contributed by atoms with van der Waals surface area (Å²) in [6, 6.07) is 8.15. The van der Waals surface area contributed by atoms with Crippen LogP contribution in [0.4, 0.5) is 0 Å². The molecule has 5 nitrogen and oxygen atoms in total. The molecule has 2 amide bonds. The van der Waals surface area contributed by atoms with E-state index in [0.717, 1.165) is 46.2 Å². The second-order valence-corrected chi connectivity index (χ2v) is 9.53. The fourth-order valence-corrected chi connectivity index (χ4v) is 5.81. The Morgan fingerprint density at radius 1 is 1.11 bits per heavy atom. The number of fused-ring (bicyclic) bond motifs is 1. The van der Waals surface area contributed by atoms with Crippen molar-refractivity contribution >= 4 is 33.2 Å². The lowest BCUT2D eigenvalue weighted by atomic mass is 9.74. The minimum atomic E-state index is -0.406. The predicted molar refractivity (Wildman–Crippen MR) is 114 cm³/mol. The SMILES string of the molecule is Cc1c(C(=O)N2CCN(C(=O)C3CCCCC3(C)N)CC2)sc2ccccc12. The van der Waals surface area contributed by atoms with Crippen molar-refractivity contribution in [1.29, 1.82) is 0 Å². The van der Waals surface area contributed by atoms with E-state index in [1.165, 1.54) is 0 Å². The van der Waals surface area contributed by atoms with E-state index in [9.17, 15) is 9.59 Å². The smallest absolute Gasteiger partial charge is 0.264 e. The maximum Gasteiger partial charge on any atom is 0.264 e. The molecule has 150 valence electrons. The third-order valence-electron chi connectivity index (χ3n) is 6.47. The minimum Gasteiger partial charge on any atom is -0.339 e. The molecule has 0 spiro atoms. The molecule has 0 radical (unpaired) electrons. The second-order valence-electron chi connectivity index (χ2n) is 8.47. The van der Waals surface area contributed by atoms with Crippen molar-refractivity contribution in [1.82, 2.24) is 9.80 Å². The molecule has 1 aromatic heterocycles. The van der Waals surface area contributed by atoms with Gasteiger partial charge < -0.3 is 15.5 Å². The number of nitrogens with zero attached hydrogens (tertiary/aromatic N) is 2. The predicted octanol–water partition coefficient (Wildman–Crippen LogP) is 3.40. The number of carbonyl (C=O) groups excluding carboxylic acids is 2. The molecule has 1 saturated carbocycles. The highest BCUT2D eigenvalue weighted by Gasteiger charge is 2.40. The van der Waals surface area contributed by atoms with Crippen molar-refractivity contribution in [3.05, 3.63) is 34.7 Å². The van der Waals surface area contributed by atoms with E-state index in [1.807, 2.05) is 35.8 Å². The molecule has 2 atom stereocenters. The number of benzene rings is 1. The summed E-state index contributed by atoms with van der Waals surface area (Å²) in [5.74, 6) is 0.176. The standard InChI is InChI=1S/C22H29N3O2S/c1-15-16-7-3-4-9-18(16)28-19(15)21(27)25-13-11-24(12-14-25)20(26)17-8-5-6-10-22(17,2)23/h3-4,7,9,17H,5-6,8,10-14,23H2,1-2H3. The summed E-state index contributed by atoms with van der Waals surface area (Å²) in [7, 11) is 0. The number of piperazine rings is 1. The van der Waals surface area contributed by atoms with Crippen LogP contribution in [0.2, 0.25) is 0 Å². The van der Waals surface area contributed by atoms with Crippen LogP contribution in [0.5, 0.6) is 0 Å². The normalized spacial score (nSPS) is 25.9. The van der Waals surface area contributed by atoms with Gasteiger partial charge in [0, 0.05) is 36.4 Å². The van der Waals surface area contributed by atoms with Crippen LogP contribution in [0.25, 0.3) is 10.1 Å². The average molecular weight is 400 g/mol. The van der Waals surface area contributed by atoms with Gasteiger partial charge in [-0.1, -0.05) is 31.0 Å². The Labute approximate surface area is 170 Å². The summed E-state index contributed by atoms with van der Waals surface area (Å²) in [5, 5.41) is 1.16. The molecule has 2 N–H and O–H groups in total. The molecule has 0 bridgehead atoms. The lowest BCUT2D eigenvalue weighted by molar-refractivity contribution is -0.140. The van der Waals surface area contributed by atoms with Crippen LogP contribution in [0.1, 0.15) is 47.8 Å². The zero-order chi connectivity index (χ0) is 19.9. The van der Waals surface area contributed by atoms with Gasteiger partial charge in [-0.2, -0.15) is 0 Å². The third-order valence-corrected chi connectivity index (χ3v) is 7.73.